The zero-order valence-electron chi connectivity index (χ0n) is 10.1. The molecule has 1 heterocycles. The summed E-state index contributed by atoms with van der Waals surface area (Å²) in [5.41, 5.74) is 2.37. The molecule has 0 amide bonds. The van der Waals surface area contributed by atoms with Crippen molar-refractivity contribution in [1.29, 1.82) is 0 Å². The van der Waals surface area contributed by atoms with Crippen LogP contribution >= 0.6 is 11.6 Å². The number of nitrogens with one attached hydrogen (secondary N) is 1. The monoisotopic (exact) mass is 250 g/mol. The molecular weight excluding hydrogens is 236 g/mol. The summed E-state index contributed by atoms with van der Waals surface area (Å²) in [6.45, 7) is 5.75. The van der Waals surface area contributed by atoms with Crippen LogP contribution in [0.4, 0.5) is 0 Å². The van der Waals surface area contributed by atoms with Gasteiger partial charge in [0.05, 0.1) is 5.69 Å². The number of halogens is 1. The van der Waals surface area contributed by atoms with E-state index < -0.39 is 0 Å². The molecule has 0 saturated carbocycles. The number of aromatic nitrogens is 2. The molecule has 0 bridgehead atoms. The second-order valence-electron chi connectivity index (χ2n) is 4.36. The lowest BCUT2D eigenvalue weighted by molar-refractivity contribution is 0.517. The first-order valence-electron chi connectivity index (χ1n) is 5.58. The van der Waals surface area contributed by atoms with E-state index in [0.29, 0.717) is 10.6 Å². The number of hydrogen-bond acceptors (Lipinski definition) is 1. The molecule has 1 aromatic heterocycles. The lowest BCUT2D eigenvalue weighted by Crippen LogP contribution is -2.19. The molecule has 0 aliphatic heterocycles. The van der Waals surface area contributed by atoms with Crippen LogP contribution in [0.25, 0.3) is 11.3 Å². The predicted octanol–water partition coefficient (Wildman–Crippen LogP) is 3.39. The number of H-pyrrole nitrogens is 1. The fourth-order valence-corrected chi connectivity index (χ4v) is 2.06. The van der Waals surface area contributed by atoms with Crippen LogP contribution in [0.1, 0.15) is 25.5 Å². The van der Waals surface area contributed by atoms with Gasteiger partial charge in [0.15, 0.2) is 0 Å². The Morgan fingerprint density at radius 1 is 1.29 bits per heavy atom. The summed E-state index contributed by atoms with van der Waals surface area (Å²) >= 11 is 6.14. The van der Waals surface area contributed by atoms with Gasteiger partial charge in [-0.3, -0.25) is 9.89 Å². The van der Waals surface area contributed by atoms with E-state index in [2.05, 4.69) is 5.10 Å². The number of benzene rings is 1. The maximum atomic E-state index is 12.0. The summed E-state index contributed by atoms with van der Waals surface area (Å²) < 4.78 is 1.62. The Bertz CT molecular complexity index is 596. The van der Waals surface area contributed by atoms with Crippen molar-refractivity contribution < 1.29 is 0 Å². The van der Waals surface area contributed by atoms with Crippen molar-refractivity contribution in [2.24, 2.45) is 0 Å². The van der Waals surface area contributed by atoms with Crippen LogP contribution in [0.2, 0.25) is 5.02 Å². The van der Waals surface area contributed by atoms with E-state index in [-0.39, 0.29) is 11.6 Å². The zero-order valence-corrected chi connectivity index (χ0v) is 10.9. The minimum atomic E-state index is 0.00918. The van der Waals surface area contributed by atoms with Gasteiger partial charge in [0, 0.05) is 22.2 Å². The van der Waals surface area contributed by atoms with E-state index in [1.165, 1.54) is 0 Å². The minimum Gasteiger partial charge on any atom is -0.294 e. The van der Waals surface area contributed by atoms with E-state index in [0.717, 1.165) is 11.3 Å². The van der Waals surface area contributed by atoms with Crippen molar-refractivity contribution in [1.82, 2.24) is 9.78 Å². The van der Waals surface area contributed by atoms with Gasteiger partial charge in [-0.25, -0.2) is 4.68 Å². The van der Waals surface area contributed by atoms with Crippen molar-refractivity contribution in [2.45, 2.75) is 26.8 Å². The highest BCUT2D eigenvalue weighted by atomic mass is 35.5. The van der Waals surface area contributed by atoms with Crippen LogP contribution in [0, 0.1) is 6.92 Å². The normalized spacial score (nSPS) is 11.1. The Labute approximate surface area is 105 Å². The molecule has 2 rings (SSSR count). The number of aromatic amines is 1. The Balaban J connectivity index is 2.66. The third-order valence-corrected chi connectivity index (χ3v) is 3.14. The Morgan fingerprint density at radius 3 is 2.47 bits per heavy atom. The molecule has 0 fully saturated rings. The van der Waals surface area contributed by atoms with Crippen molar-refractivity contribution in [3.05, 3.63) is 45.2 Å². The third-order valence-electron chi connectivity index (χ3n) is 2.81. The topological polar surface area (TPSA) is 37.8 Å². The largest absolute Gasteiger partial charge is 0.294 e. The lowest BCUT2D eigenvalue weighted by Gasteiger charge is -2.05. The summed E-state index contributed by atoms with van der Waals surface area (Å²) in [5.74, 6) is 0. The number of rotatable bonds is 2. The molecule has 90 valence electrons. The van der Waals surface area contributed by atoms with Crippen molar-refractivity contribution >= 4 is 11.6 Å². The standard InChI is InChI=1S/C13H15ClN2O/c1-8(2)16-13(17)9(3)12(15-16)10-6-4-5-7-11(10)14/h4-8,15H,1-3H3. The van der Waals surface area contributed by atoms with Gasteiger partial charge in [-0.2, -0.15) is 0 Å². The van der Waals surface area contributed by atoms with Crippen LogP contribution < -0.4 is 5.56 Å². The maximum Gasteiger partial charge on any atom is 0.270 e. The molecule has 0 atom stereocenters. The Kier molecular flexibility index (Phi) is 3.11. The smallest absolute Gasteiger partial charge is 0.270 e. The molecule has 0 unspecified atom stereocenters. The van der Waals surface area contributed by atoms with E-state index >= 15 is 0 Å². The number of hydrogen-bond donors (Lipinski definition) is 1. The first kappa shape index (κ1) is 12.0. The highest BCUT2D eigenvalue weighted by Crippen LogP contribution is 2.27. The van der Waals surface area contributed by atoms with Crippen LogP contribution in [0.15, 0.2) is 29.1 Å². The average Bonchev–Trinajstić information content (AvgIpc) is 2.57. The first-order valence-corrected chi connectivity index (χ1v) is 5.96. The highest BCUT2D eigenvalue weighted by Gasteiger charge is 2.14. The highest BCUT2D eigenvalue weighted by molar-refractivity contribution is 6.33. The lowest BCUT2D eigenvalue weighted by atomic mass is 10.1. The van der Waals surface area contributed by atoms with Crippen molar-refractivity contribution in [3.63, 3.8) is 0 Å². The molecule has 0 saturated heterocycles. The zero-order chi connectivity index (χ0) is 12.6. The fraction of sp³-hybridized carbons (Fsp3) is 0.308. The van der Waals surface area contributed by atoms with E-state index in [1.807, 2.05) is 45.0 Å². The third kappa shape index (κ3) is 2.03. The maximum absolute atomic E-state index is 12.0. The SMILES string of the molecule is Cc1c(-c2ccccc2Cl)[nH]n(C(C)C)c1=O. The second-order valence-corrected chi connectivity index (χ2v) is 4.77. The van der Waals surface area contributed by atoms with Crippen LogP contribution in [-0.2, 0) is 0 Å². The van der Waals surface area contributed by atoms with Crippen LogP contribution in [0.5, 0.6) is 0 Å². The summed E-state index contributed by atoms with van der Waals surface area (Å²) in [6.07, 6.45) is 0. The fourth-order valence-electron chi connectivity index (χ4n) is 1.83. The van der Waals surface area contributed by atoms with Gasteiger partial charge in [0.2, 0.25) is 0 Å². The first-order chi connectivity index (χ1) is 8.02. The molecule has 1 aromatic carbocycles. The number of nitrogens with zero attached hydrogens (tertiary/aromatic N) is 1. The quantitative estimate of drug-likeness (QED) is 0.872. The van der Waals surface area contributed by atoms with Gasteiger partial charge in [-0.05, 0) is 26.8 Å². The van der Waals surface area contributed by atoms with Gasteiger partial charge < -0.3 is 0 Å². The molecule has 0 aliphatic rings. The second kappa shape index (κ2) is 4.41. The minimum absolute atomic E-state index is 0.00918. The average molecular weight is 251 g/mol. The molecule has 17 heavy (non-hydrogen) atoms. The molecule has 0 radical (unpaired) electrons. The summed E-state index contributed by atoms with van der Waals surface area (Å²) in [5, 5.41) is 3.77. The van der Waals surface area contributed by atoms with Gasteiger partial charge >= 0.3 is 0 Å². The Hall–Kier alpha value is -1.48. The van der Waals surface area contributed by atoms with Gasteiger partial charge in [-0.15, -0.1) is 0 Å². The molecule has 1 N–H and O–H groups in total. The van der Waals surface area contributed by atoms with Crippen LogP contribution in [-0.4, -0.2) is 9.78 Å². The van der Waals surface area contributed by atoms with Gasteiger partial charge in [0.1, 0.15) is 0 Å². The molecule has 2 aromatic rings. The van der Waals surface area contributed by atoms with Gasteiger partial charge in [0.25, 0.3) is 5.56 Å². The van der Waals surface area contributed by atoms with Crippen molar-refractivity contribution in [3.8, 4) is 11.3 Å². The molecule has 4 heteroatoms. The molecular formula is C13H15ClN2O. The van der Waals surface area contributed by atoms with Crippen molar-refractivity contribution in [2.75, 3.05) is 0 Å². The van der Waals surface area contributed by atoms with E-state index in [9.17, 15) is 4.79 Å². The van der Waals surface area contributed by atoms with Crippen LogP contribution in [0.3, 0.4) is 0 Å². The molecule has 0 spiro atoms. The summed E-state index contributed by atoms with van der Waals surface area (Å²) in [4.78, 5) is 12.0. The van der Waals surface area contributed by atoms with E-state index in [1.54, 1.807) is 4.68 Å². The molecule has 0 aliphatic carbocycles. The Morgan fingerprint density at radius 2 is 1.94 bits per heavy atom. The predicted molar refractivity (Wildman–Crippen MR) is 70.6 cm³/mol. The van der Waals surface area contributed by atoms with E-state index in [4.69, 9.17) is 11.6 Å². The summed E-state index contributed by atoms with van der Waals surface area (Å²) in [6, 6.07) is 7.62. The van der Waals surface area contributed by atoms with Gasteiger partial charge in [-0.1, -0.05) is 29.8 Å². The summed E-state index contributed by atoms with van der Waals surface area (Å²) in [7, 11) is 0. The molecule has 3 nitrogen and oxygen atoms in total.